The SMILES string of the molecule is CC/C=C\C/C=C\C/C=C\C/C=C\C/C=C\CCCC(=O)OCC(COC(=O)CCC/C=C\CCCCCC)OC(=O)CCCCC/C=C\C=C/CCCCCCCCC. The van der Waals surface area contributed by atoms with Crippen LogP contribution in [0.25, 0.3) is 0 Å². The average Bonchev–Trinajstić information content (AvgIpc) is 3.24. The molecule has 0 amide bonds. The van der Waals surface area contributed by atoms with Crippen molar-refractivity contribution in [2.75, 3.05) is 13.2 Å². The van der Waals surface area contributed by atoms with Crippen molar-refractivity contribution >= 4 is 17.9 Å². The van der Waals surface area contributed by atoms with Crippen molar-refractivity contribution in [3.05, 3.63) is 97.2 Å². The van der Waals surface area contributed by atoms with Crippen LogP contribution in [0.1, 0.15) is 207 Å². The fraction of sp³-hybridized carbons (Fsp3) is 0.648. The Bertz CT molecular complexity index is 1230. The van der Waals surface area contributed by atoms with Gasteiger partial charge in [0.1, 0.15) is 13.2 Å². The molecule has 0 fully saturated rings. The van der Waals surface area contributed by atoms with Gasteiger partial charge in [0.05, 0.1) is 0 Å². The molecule has 0 radical (unpaired) electrons. The largest absolute Gasteiger partial charge is 0.462 e. The van der Waals surface area contributed by atoms with Crippen molar-refractivity contribution in [3.8, 4) is 0 Å². The molecule has 60 heavy (non-hydrogen) atoms. The second-order valence-electron chi connectivity index (χ2n) is 15.7. The van der Waals surface area contributed by atoms with Gasteiger partial charge in [-0.05, 0) is 103 Å². The topological polar surface area (TPSA) is 78.9 Å². The zero-order valence-electron chi connectivity index (χ0n) is 38.7. The maximum atomic E-state index is 12.7. The van der Waals surface area contributed by atoms with E-state index in [4.69, 9.17) is 14.2 Å². The summed E-state index contributed by atoms with van der Waals surface area (Å²) in [5.74, 6) is -1.05. The molecular formula is C54H88O6. The fourth-order valence-electron chi connectivity index (χ4n) is 6.18. The van der Waals surface area contributed by atoms with E-state index in [-0.39, 0.29) is 44.0 Å². The monoisotopic (exact) mass is 833 g/mol. The molecule has 0 heterocycles. The van der Waals surface area contributed by atoms with Gasteiger partial charge in [0.25, 0.3) is 0 Å². The number of hydrogen-bond donors (Lipinski definition) is 0. The van der Waals surface area contributed by atoms with Crippen LogP contribution in [0.3, 0.4) is 0 Å². The van der Waals surface area contributed by atoms with E-state index in [1.165, 1.54) is 70.6 Å². The van der Waals surface area contributed by atoms with Crippen LogP contribution in [0.5, 0.6) is 0 Å². The van der Waals surface area contributed by atoms with E-state index < -0.39 is 6.10 Å². The van der Waals surface area contributed by atoms with Crippen LogP contribution >= 0.6 is 0 Å². The van der Waals surface area contributed by atoms with E-state index in [1.807, 2.05) is 0 Å². The summed E-state index contributed by atoms with van der Waals surface area (Å²) in [5, 5.41) is 0. The van der Waals surface area contributed by atoms with Crippen molar-refractivity contribution in [2.45, 2.75) is 213 Å². The van der Waals surface area contributed by atoms with Gasteiger partial charge in [-0.15, -0.1) is 0 Å². The highest BCUT2D eigenvalue weighted by molar-refractivity contribution is 5.71. The molecule has 0 rings (SSSR count). The lowest BCUT2D eigenvalue weighted by Crippen LogP contribution is -2.30. The van der Waals surface area contributed by atoms with Gasteiger partial charge in [-0.1, -0.05) is 182 Å². The number of ether oxygens (including phenoxy) is 3. The molecule has 0 aromatic heterocycles. The third kappa shape index (κ3) is 45.4. The standard InChI is InChI=1S/C54H88O6/c1-4-7-10-13-16-19-21-23-25-27-29-30-32-35-38-41-44-47-53(56)59-50-51(49-58-52(55)46-43-40-37-34-18-15-12-9-6-3)60-54(57)48-45-42-39-36-33-31-28-26-24-22-20-17-14-11-8-5-2/h7,10,16,19,23,25-26,28-31,33-35,37-38,51H,4-6,8-9,11-15,17-18,20-22,24,27,32,36,39-50H2,1-3H3/b10-7-,19-16-,25-23-,28-26-,30-29-,33-31-,37-34-,38-35-. The van der Waals surface area contributed by atoms with Gasteiger partial charge in [0, 0.05) is 19.3 Å². The van der Waals surface area contributed by atoms with E-state index in [2.05, 4.69) is 118 Å². The molecule has 0 bridgehead atoms. The number of carbonyl (C=O) groups is 3. The molecule has 6 nitrogen and oxygen atoms in total. The summed E-state index contributed by atoms with van der Waals surface area (Å²) in [4.78, 5) is 37.8. The first-order chi connectivity index (χ1) is 29.5. The maximum absolute atomic E-state index is 12.7. The highest BCUT2D eigenvalue weighted by atomic mass is 16.6. The van der Waals surface area contributed by atoms with E-state index in [1.54, 1.807) is 0 Å². The van der Waals surface area contributed by atoms with Crippen LogP contribution in [-0.4, -0.2) is 37.2 Å². The lowest BCUT2D eigenvalue weighted by atomic mass is 10.1. The lowest BCUT2D eigenvalue weighted by molar-refractivity contribution is -0.167. The fourth-order valence-corrected chi connectivity index (χ4v) is 6.18. The predicted molar refractivity (Wildman–Crippen MR) is 256 cm³/mol. The zero-order valence-corrected chi connectivity index (χ0v) is 38.7. The Hall–Kier alpha value is -3.67. The second-order valence-corrected chi connectivity index (χ2v) is 15.7. The first-order valence-corrected chi connectivity index (χ1v) is 24.3. The number of hydrogen-bond acceptors (Lipinski definition) is 6. The van der Waals surface area contributed by atoms with Crippen LogP contribution < -0.4 is 0 Å². The maximum Gasteiger partial charge on any atom is 0.306 e. The Morgan fingerprint density at radius 2 is 0.717 bits per heavy atom. The molecule has 0 aliphatic carbocycles. The molecule has 0 N–H and O–H groups in total. The minimum absolute atomic E-state index is 0.123. The Balaban J connectivity index is 4.52. The number of carbonyl (C=O) groups excluding carboxylic acids is 3. The predicted octanol–water partition coefficient (Wildman–Crippen LogP) is 15.8. The highest BCUT2D eigenvalue weighted by Gasteiger charge is 2.19. The van der Waals surface area contributed by atoms with Crippen LogP contribution in [0.15, 0.2) is 97.2 Å². The minimum atomic E-state index is -0.824. The molecule has 0 spiro atoms. The molecule has 0 saturated carbocycles. The summed E-state index contributed by atoms with van der Waals surface area (Å²) >= 11 is 0. The molecule has 6 heteroatoms. The molecule has 0 saturated heterocycles. The van der Waals surface area contributed by atoms with E-state index in [9.17, 15) is 14.4 Å². The van der Waals surface area contributed by atoms with Crippen molar-refractivity contribution in [1.82, 2.24) is 0 Å². The summed E-state index contributed by atoms with van der Waals surface area (Å²) < 4.78 is 16.6. The van der Waals surface area contributed by atoms with Gasteiger partial charge in [-0.3, -0.25) is 14.4 Å². The zero-order chi connectivity index (χ0) is 43.7. The van der Waals surface area contributed by atoms with Gasteiger partial charge < -0.3 is 14.2 Å². The summed E-state index contributed by atoms with van der Waals surface area (Å²) in [5.41, 5.74) is 0. The Kier molecular flexibility index (Phi) is 45.1. The summed E-state index contributed by atoms with van der Waals surface area (Å²) in [6.07, 6.45) is 62.7. The summed E-state index contributed by atoms with van der Waals surface area (Å²) in [6, 6.07) is 0. The average molecular weight is 833 g/mol. The first kappa shape index (κ1) is 56.3. The van der Waals surface area contributed by atoms with Gasteiger partial charge >= 0.3 is 17.9 Å². The summed E-state index contributed by atoms with van der Waals surface area (Å²) in [7, 11) is 0. The molecular weight excluding hydrogens is 745 g/mol. The van der Waals surface area contributed by atoms with Crippen LogP contribution in [0, 0.1) is 0 Å². The Morgan fingerprint density at radius 3 is 1.20 bits per heavy atom. The number of esters is 3. The Labute approximate surface area is 368 Å². The van der Waals surface area contributed by atoms with E-state index in [0.717, 1.165) is 83.5 Å². The molecule has 1 unspecified atom stereocenters. The van der Waals surface area contributed by atoms with Crippen molar-refractivity contribution < 1.29 is 28.6 Å². The molecule has 340 valence electrons. The number of unbranched alkanes of at least 4 members (excludes halogenated alkanes) is 16. The molecule has 0 aromatic rings. The highest BCUT2D eigenvalue weighted by Crippen LogP contribution is 2.11. The van der Waals surface area contributed by atoms with Gasteiger partial charge in [0.2, 0.25) is 0 Å². The number of allylic oxidation sites excluding steroid dienone is 16. The van der Waals surface area contributed by atoms with Crippen LogP contribution in [-0.2, 0) is 28.6 Å². The molecule has 0 aromatic carbocycles. The smallest absolute Gasteiger partial charge is 0.306 e. The lowest BCUT2D eigenvalue weighted by Gasteiger charge is -2.18. The normalized spacial score (nSPS) is 12.9. The second kappa shape index (κ2) is 48.0. The van der Waals surface area contributed by atoms with Gasteiger partial charge in [0.15, 0.2) is 6.10 Å². The van der Waals surface area contributed by atoms with Crippen LogP contribution in [0.4, 0.5) is 0 Å². The van der Waals surface area contributed by atoms with E-state index >= 15 is 0 Å². The van der Waals surface area contributed by atoms with Crippen molar-refractivity contribution in [2.24, 2.45) is 0 Å². The number of rotatable bonds is 42. The summed E-state index contributed by atoms with van der Waals surface area (Å²) in [6.45, 7) is 6.36. The minimum Gasteiger partial charge on any atom is -0.462 e. The van der Waals surface area contributed by atoms with Crippen molar-refractivity contribution in [3.63, 3.8) is 0 Å². The third-order valence-corrected chi connectivity index (χ3v) is 9.82. The first-order valence-electron chi connectivity index (χ1n) is 24.3. The molecule has 0 aliphatic rings. The third-order valence-electron chi connectivity index (χ3n) is 9.82. The van der Waals surface area contributed by atoms with E-state index in [0.29, 0.717) is 19.3 Å². The molecule has 1 atom stereocenters. The van der Waals surface area contributed by atoms with Crippen LogP contribution in [0.2, 0.25) is 0 Å². The van der Waals surface area contributed by atoms with Gasteiger partial charge in [-0.25, -0.2) is 0 Å². The van der Waals surface area contributed by atoms with Gasteiger partial charge in [-0.2, -0.15) is 0 Å². The Morgan fingerprint density at radius 1 is 0.367 bits per heavy atom. The quantitative estimate of drug-likeness (QED) is 0.0200. The molecule has 0 aliphatic heterocycles. The van der Waals surface area contributed by atoms with Crippen molar-refractivity contribution in [1.29, 1.82) is 0 Å².